The molecule has 0 aliphatic rings. The van der Waals surface area contributed by atoms with Crippen LogP contribution in [0.2, 0.25) is 0 Å². The Morgan fingerprint density at radius 2 is 1.94 bits per heavy atom. The van der Waals surface area contributed by atoms with E-state index in [9.17, 15) is 4.79 Å². The van der Waals surface area contributed by atoms with Gasteiger partial charge in [-0.25, -0.2) is 4.79 Å². The Bertz CT molecular complexity index is 440. The fourth-order valence-electron chi connectivity index (χ4n) is 1.11. The minimum Gasteiger partial charge on any atom is -0.497 e. The van der Waals surface area contributed by atoms with Crippen molar-refractivity contribution in [3.05, 3.63) is 35.4 Å². The van der Waals surface area contributed by atoms with E-state index in [-0.39, 0.29) is 5.57 Å². The van der Waals surface area contributed by atoms with Crippen LogP contribution in [0.3, 0.4) is 0 Å². The molecular weight excluding hydrogens is 206 g/mol. The zero-order valence-corrected chi connectivity index (χ0v) is 9.06. The first kappa shape index (κ1) is 11.8. The topological polar surface area (TPSA) is 59.3 Å². The van der Waals surface area contributed by atoms with Gasteiger partial charge in [-0.3, -0.25) is 0 Å². The van der Waals surface area contributed by atoms with Gasteiger partial charge < -0.3 is 9.47 Å². The zero-order chi connectivity index (χ0) is 12.0. The third-order valence-electron chi connectivity index (χ3n) is 1.95. The zero-order valence-electron chi connectivity index (χ0n) is 9.06. The number of hydrogen-bond acceptors (Lipinski definition) is 4. The van der Waals surface area contributed by atoms with Crippen LogP contribution in [0.15, 0.2) is 29.8 Å². The summed E-state index contributed by atoms with van der Waals surface area (Å²) in [7, 11) is 2.81. The second kappa shape index (κ2) is 5.56. The van der Waals surface area contributed by atoms with Crippen molar-refractivity contribution in [3.63, 3.8) is 0 Å². The number of rotatable bonds is 3. The van der Waals surface area contributed by atoms with E-state index in [0.717, 1.165) is 5.56 Å². The molecule has 0 radical (unpaired) electrons. The number of esters is 1. The third-order valence-corrected chi connectivity index (χ3v) is 1.95. The molecule has 1 aromatic carbocycles. The van der Waals surface area contributed by atoms with E-state index < -0.39 is 5.97 Å². The van der Waals surface area contributed by atoms with Crippen molar-refractivity contribution in [3.8, 4) is 11.8 Å². The van der Waals surface area contributed by atoms with Gasteiger partial charge >= 0.3 is 5.97 Å². The van der Waals surface area contributed by atoms with Crippen molar-refractivity contribution in [1.82, 2.24) is 0 Å². The maximum absolute atomic E-state index is 11.1. The minimum atomic E-state index is -0.640. The highest BCUT2D eigenvalue weighted by Gasteiger charge is 2.07. The molecule has 1 rings (SSSR count). The summed E-state index contributed by atoms with van der Waals surface area (Å²) in [5.74, 6) is 0.0760. The van der Waals surface area contributed by atoms with Crippen LogP contribution in [-0.2, 0) is 9.53 Å². The van der Waals surface area contributed by atoms with E-state index in [1.807, 2.05) is 0 Å². The van der Waals surface area contributed by atoms with Crippen LogP contribution in [0.1, 0.15) is 5.56 Å². The van der Waals surface area contributed by atoms with Crippen LogP contribution >= 0.6 is 0 Å². The lowest BCUT2D eigenvalue weighted by molar-refractivity contribution is -0.135. The highest BCUT2D eigenvalue weighted by atomic mass is 16.5. The Labute approximate surface area is 93.7 Å². The normalized spacial score (nSPS) is 10.4. The van der Waals surface area contributed by atoms with Crippen LogP contribution in [0.4, 0.5) is 0 Å². The Morgan fingerprint density at radius 3 is 2.38 bits per heavy atom. The van der Waals surface area contributed by atoms with Crippen LogP contribution < -0.4 is 4.74 Å². The number of hydrogen-bond donors (Lipinski definition) is 0. The molecule has 0 spiro atoms. The first-order valence-corrected chi connectivity index (χ1v) is 4.55. The molecular formula is C12H11NO3. The van der Waals surface area contributed by atoms with E-state index >= 15 is 0 Å². The van der Waals surface area contributed by atoms with E-state index in [1.165, 1.54) is 13.2 Å². The van der Waals surface area contributed by atoms with Gasteiger partial charge in [-0.15, -0.1) is 0 Å². The highest BCUT2D eigenvalue weighted by molar-refractivity contribution is 5.97. The molecule has 0 unspecified atom stereocenters. The molecule has 0 amide bonds. The summed E-state index contributed by atoms with van der Waals surface area (Å²) in [5, 5.41) is 8.75. The van der Waals surface area contributed by atoms with Crippen molar-refractivity contribution in [2.45, 2.75) is 0 Å². The Morgan fingerprint density at radius 1 is 1.31 bits per heavy atom. The first-order chi connectivity index (χ1) is 7.71. The summed E-state index contributed by atoms with van der Waals surface area (Å²) >= 11 is 0. The maximum atomic E-state index is 11.1. The van der Waals surface area contributed by atoms with E-state index in [1.54, 1.807) is 37.4 Å². The SMILES string of the molecule is COC(=O)/C(C#N)=C/c1ccc(OC)cc1. The van der Waals surface area contributed by atoms with Gasteiger partial charge in [0.2, 0.25) is 0 Å². The monoisotopic (exact) mass is 217 g/mol. The summed E-state index contributed by atoms with van der Waals surface area (Å²) in [5.41, 5.74) is 0.704. The molecule has 4 heteroatoms. The van der Waals surface area contributed by atoms with Crippen molar-refractivity contribution >= 4 is 12.0 Å². The molecule has 4 nitrogen and oxygen atoms in total. The molecule has 0 aliphatic heterocycles. The Hall–Kier alpha value is -2.28. The molecule has 82 valence electrons. The molecule has 0 fully saturated rings. The number of benzene rings is 1. The van der Waals surface area contributed by atoms with Gasteiger partial charge in [-0.1, -0.05) is 12.1 Å². The van der Waals surface area contributed by atoms with Crippen LogP contribution in [0.5, 0.6) is 5.75 Å². The average molecular weight is 217 g/mol. The molecule has 0 saturated carbocycles. The molecule has 0 aliphatic carbocycles. The average Bonchev–Trinajstić information content (AvgIpc) is 2.35. The highest BCUT2D eigenvalue weighted by Crippen LogP contribution is 2.14. The lowest BCUT2D eigenvalue weighted by Crippen LogP contribution is -2.02. The Kier molecular flexibility index (Phi) is 4.10. The van der Waals surface area contributed by atoms with Crippen LogP contribution in [0, 0.1) is 11.3 Å². The molecule has 16 heavy (non-hydrogen) atoms. The quantitative estimate of drug-likeness (QED) is 0.440. The van der Waals surface area contributed by atoms with Gasteiger partial charge in [-0.2, -0.15) is 5.26 Å². The van der Waals surface area contributed by atoms with Crippen molar-refractivity contribution in [2.24, 2.45) is 0 Å². The van der Waals surface area contributed by atoms with Gasteiger partial charge in [0.05, 0.1) is 14.2 Å². The maximum Gasteiger partial charge on any atom is 0.348 e. The fourth-order valence-corrected chi connectivity index (χ4v) is 1.11. The van der Waals surface area contributed by atoms with Gasteiger partial charge in [0.25, 0.3) is 0 Å². The lowest BCUT2D eigenvalue weighted by atomic mass is 10.1. The molecule has 0 aromatic heterocycles. The smallest absolute Gasteiger partial charge is 0.348 e. The second-order valence-corrected chi connectivity index (χ2v) is 2.93. The van der Waals surface area contributed by atoms with E-state index in [2.05, 4.69) is 4.74 Å². The minimum absolute atomic E-state index is 0.0346. The molecule has 0 atom stereocenters. The standard InChI is InChI=1S/C12H11NO3/c1-15-11-5-3-9(4-6-11)7-10(8-13)12(14)16-2/h3-7H,1-2H3/b10-7+. The lowest BCUT2D eigenvalue weighted by Gasteiger charge is -2.00. The van der Waals surface area contributed by atoms with Gasteiger partial charge in [0.1, 0.15) is 17.4 Å². The number of carbonyl (C=O) groups excluding carboxylic acids is 1. The molecule has 0 N–H and O–H groups in total. The van der Waals surface area contributed by atoms with Crippen molar-refractivity contribution < 1.29 is 14.3 Å². The number of nitriles is 1. The largest absolute Gasteiger partial charge is 0.497 e. The summed E-state index contributed by atoms with van der Waals surface area (Å²) in [6.07, 6.45) is 1.46. The Balaban J connectivity index is 2.96. The number of ether oxygens (including phenoxy) is 2. The molecule has 0 heterocycles. The molecule has 0 saturated heterocycles. The molecule has 1 aromatic rings. The number of methoxy groups -OCH3 is 2. The fraction of sp³-hybridized carbons (Fsp3) is 0.167. The first-order valence-electron chi connectivity index (χ1n) is 4.55. The third kappa shape index (κ3) is 2.85. The summed E-state index contributed by atoms with van der Waals surface area (Å²) in [6.45, 7) is 0. The van der Waals surface area contributed by atoms with Crippen molar-refractivity contribution in [1.29, 1.82) is 5.26 Å². The van der Waals surface area contributed by atoms with Gasteiger partial charge in [0, 0.05) is 0 Å². The predicted octanol–water partition coefficient (Wildman–Crippen LogP) is 1.78. The van der Waals surface area contributed by atoms with Crippen LogP contribution in [0.25, 0.3) is 6.08 Å². The summed E-state index contributed by atoms with van der Waals surface area (Å²) < 4.78 is 9.46. The van der Waals surface area contributed by atoms with Crippen molar-refractivity contribution in [2.75, 3.05) is 14.2 Å². The van der Waals surface area contributed by atoms with Crippen LogP contribution in [-0.4, -0.2) is 20.2 Å². The summed E-state index contributed by atoms with van der Waals surface area (Å²) in [4.78, 5) is 11.1. The number of nitrogens with zero attached hydrogens (tertiary/aromatic N) is 1. The van der Waals surface area contributed by atoms with E-state index in [0.29, 0.717) is 5.75 Å². The van der Waals surface area contributed by atoms with Gasteiger partial charge in [0.15, 0.2) is 0 Å². The number of carbonyl (C=O) groups is 1. The van der Waals surface area contributed by atoms with Gasteiger partial charge in [-0.05, 0) is 23.8 Å². The second-order valence-electron chi connectivity index (χ2n) is 2.93. The summed E-state index contributed by atoms with van der Waals surface area (Å²) in [6, 6.07) is 8.78. The van der Waals surface area contributed by atoms with E-state index in [4.69, 9.17) is 10.00 Å². The molecule has 0 bridgehead atoms. The predicted molar refractivity (Wildman–Crippen MR) is 58.6 cm³/mol.